The highest BCUT2D eigenvalue weighted by Crippen LogP contribution is 2.67. The topological polar surface area (TPSA) is 69.7 Å². The van der Waals surface area contributed by atoms with E-state index >= 15 is 0 Å². The van der Waals surface area contributed by atoms with Crippen LogP contribution in [0.2, 0.25) is 0 Å². The predicted octanol–water partition coefficient (Wildman–Crippen LogP) is 5.27. The molecule has 0 unspecified atom stereocenters. The highest BCUT2D eigenvalue weighted by Gasteiger charge is 2.64. The summed E-state index contributed by atoms with van der Waals surface area (Å²) in [7, 11) is 0. The summed E-state index contributed by atoms with van der Waals surface area (Å²) in [6, 6.07) is 0. The molecule has 0 bridgehead atoms. The summed E-state index contributed by atoms with van der Waals surface area (Å²) < 4.78 is 11.8. The SMILES string of the molecule is CCC(=O)OC[C@@]12C(=CC(=O)C[C@@H]1C)[C@@H](C)C[C@H]1[C@@H]3CC[C@H](OC(=O)CC)[C@@]3(C)CC[C@@H]12. The van der Waals surface area contributed by atoms with E-state index in [1.807, 2.05) is 19.9 Å². The van der Waals surface area contributed by atoms with Crippen LogP contribution in [0.5, 0.6) is 0 Å². The molecule has 0 aromatic rings. The third-order valence-corrected chi connectivity index (χ3v) is 9.73. The van der Waals surface area contributed by atoms with E-state index < -0.39 is 0 Å². The Bertz CT molecular complexity index is 815. The van der Waals surface area contributed by atoms with Crippen LogP contribution < -0.4 is 0 Å². The van der Waals surface area contributed by atoms with Gasteiger partial charge in [-0.15, -0.1) is 0 Å². The monoisotopic (exact) mass is 444 g/mol. The van der Waals surface area contributed by atoms with Crippen molar-refractivity contribution in [3.8, 4) is 0 Å². The van der Waals surface area contributed by atoms with Crippen molar-refractivity contribution in [3.05, 3.63) is 11.6 Å². The molecular weight excluding hydrogens is 404 g/mol. The van der Waals surface area contributed by atoms with E-state index in [9.17, 15) is 14.4 Å². The van der Waals surface area contributed by atoms with Gasteiger partial charge in [0.05, 0.1) is 0 Å². The van der Waals surface area contributed by atoms with Gasteiger partial charge in [-0.05, 0) is 67.8 Å². The molecular formula is C27H40O5. The molecule has 0 aromatic carbocycles. The molecule has 5 heteroatoms. The summed E-state index contributed by atoms with van der Waals surface area (Å²) in [5, 5.41) is 0. The maximum atomic E-state index is 12.5. The second-order valence-corrected chi connectivity index (χ2v) is 11.2. The van der Waals surface area contributed by atoms with E-state index in [1.165, 1.54) is 5.57 Å². The zero-order chi connectivity index (χ0) is 23.3. The van der Waals surface area contributed by atoms with E-state index in [0.29, 0.717) is 49.5 Å². The second-order valence-electron chi connectivity index (χ2n) is 11.2. The summed E-state index contributed by atoms with van der Waals surface area (Å²) in [4.78, 5) is 36.8. The molecule has 0 heterocycles. The Morgan fingerprint density at radius 1 is 1.06 bits per heavy atom. The molecule has 178 valence electrons. The van der Waals surface area contributed by atoms with Crippen LogP contribution in [0.25, 0.3) is 0 Å². The number of ketones is 1. The van der Waals surface area contributed by atoms with Gasteiger partial charge in [-0.1, -0.05) is 40.2 Å². The Morgan fingerprint density at radius 2 is 1.78 bits per heavy atom. The van der Waals surface area contributed by atoms with Crippen molar-refractivity contribution >= 4 is 17.7 Å². The Balaban J connectivity index is 1.70. The van der Waals surface area contributed by atoms with Gasteiger partial charge in [-0.2, -0.15) is 0 Å². The lowest BCUT2D eigenvalue weighted by atomic mass is 9.43. The van der Waals surface area contributed by atoms with Crippen molar-refractivity contribution < 1.29 is 23.9 Å². The van der Waals surface area contributed by atoms with Crippen molar-refractivity contribution in [1.82, 2.24) is 0 Å². The standard InChI is InChI=1S/C27H40O5/c1-6-24(29)31-15-27-17(4)13-18(28)14-22(27)16(3)12-19-20-8-9-23(32-25(30)7-2)26(20,5)11-10-21(19)27/h14,16-17,19-21,23H,6-13,15H2,1-5H3/t16-,17-,19-,20-,21-,23-,26-,27+/m0/s1. The second kappa shape index (κ2) is 8.61. The Morgan fingerprint density at radius 3 is 2.47 bits per heavy atom. The average Bonchev–Trinajstić information content (AvgIpc) is 3.09. The number of fused-ring (bicyclic) bond motifs is 5. The maximum Gasteiger partial charge on any atom is 0.305 e. The number of carbonyl (C=O) groups excluding carboxylic acids is 3. The van der Waals surface area contributed by atoms with Crippen molar-refractivity contribution in [3.63, 3.8) is 0 Å². The molecule has 0 aromatic heterocycles. The number of esters is 2. The molecule has 32 heavy (non-hydrogen) atoms. The Hall–Kier alpha value is -1.65. The largest absolute Gasteiger partial charge is 0.465 e. The first-order chi connectivity index (χ1) is 15.2. The van der Waals surface area contributed by atoms with E-state index in [-0.39, 0.29) is 40.6 Å². The third-order valence-electron chi connectivity index (χ3n) is 9.73. The van der Waals surface area contributed by atoms with Crippen LogP contribution in [0.3, 0.4) is 0 Å². The van der Waals surface area contributed by atoms with Crippen LogP contribution in [-0.4, -0.2) is 30.4 Å². The van der Waals surface area contributed by atoms with E-state index in [4.69, 9.17) is 9.47 Å². The molecule has 0 saturated heterocycles. The summed E-state index contributed by atoms with van der Waals surface area (Å²) in [6.07, 6.45) is 8.38. The minimum Gasteiger partial charge on any atom is -0.465 e. The van der Waals surface area contributed by atoms with E-state index in [1.54, 1.807) is 0 Å². The van der Waals surface area contributed by atoms with Crippen LogP contribution in [0, 0.1) is 40.4 Å². The normalized spacial score (nSPS) is 42.9. The molecule has 0 aliphatic heterocycles. The smallest absolute Gasteiger partial charge is 0.305 e. The number of ether oxygens (including phenoxy) is 2. The molecule has 4 rings (SSSR count). The fraction of sp³-hybridized carbons (Fsp3) is 0.815. The van der Waals surface area contributed by atoms with Gasteiger partial charge in [-0.3, -0.25) is 14.4 Å². The van der Waals surface area contributed by atoms with Crippen molar-refractivity contribution in [1.29, 1.82) is 0 Å². The highest BCUT2D eigenvalue weighted by atomic mass is 16.5. The van der Waals surface area contributed by atoms with Gasteiger partial charge in [0.15, 0.2) is 5.78 Å². The lowest BCUT2D eigenvalue weighted by molar-refractivity contribution is -0.166. The van der Waals surface area contributed by atoms with Crippen LogP contribution in [0.1, 0.15) is 86.0 Å². The van der Waals surface area contributed by atoms with Gasteiger partial charge < -0.3 is 9.47 Å². The highest BCUT2D eigenvalue weighted by molar-refractivity contribution is 5.92. The summed E-state index contributed by atoms with van der Waals surface area (Å²) in [5.41, 5.74) is 0.990. The summed E-state index contributed by atoms with van der Waals surface area (Å²) >= 11 is 0. The zero-order valence-electron chi connectivity index (χ0n) is 20.4. The molecule has 5 nitrogen and oxygen atoms in total. The molecule has 0 radical (unpaired) electrons. The van der Waals surface area contributed by atoms with Gasteiger partial charge in [0.25, 0.3) is 0 Å². The van der Waals surface area contributed by atoms with Gasteiger partial charge in [0.1, 0.15) is 12.7 Å². The van der Waals surface area contributed by atoms with E-state index in [2.05, 4.69) is 20.8 Å². The Labute approximate surface area is 192 Å². The fourth-order valence-electron chi connectivity index (χ4n) is 8.13. The molecule has 0 N–H and O–H groups in total. The van der Waals surface area contributed by atoms with Crippen LogP contribution >= 0.6 is 0 Å². The quantitative estimate of drug-likeness (QED) is 0.541. The first-order valence-electron chi connectivity index (χ1n) is 12.8. The van der Waals surface area contributed by atoms with Crippen LogP contribution in [0.4, 0.5) is 0 Å². The lowest BCUT2D eigenvalue weighted by Crippen LogP contribution is -2.58. The fourth-order valence-corrected chi connectivity index (χ4v) is 8.13. The molecule has 3 saturated carbocycles. The molecule has 0 amide bonds. The number of carbonyl (C=O) groups is 3. The number of rotatable bonds is 5. The molecule has 4 aliphatic rings. The van der Waals surface area contributed by atoms with E-state index in [0.717, 1.165) is 32.1 Å². The molecule has 4 aliphatic carbocycles. The van der Waals surface area contributed by atoms with Crippen molar-refractivity contribution in [2.45, 2.75) is 92.1 Å². The number of hydrogen-bond acceptors (Lipinski definition) is 5. The summed E-state index contributed by atoms with van der Waals surface area (Å²) in [6.45, 7) is 10.9. The lowest BCUT2D eigenvalue weighted by Gasteiger charge is -2.61. The van der Waals surface area contributed by atoms with Gasteiger partial charge in [0.2, 0.25) is 0 Å². The minimum atomic E-state index is -0.249. The minimum absolute atomic E-state index is 0.00683. The first kappa shape index (κ1) is 23.5. The van der Waals surface area contributed by atoms with Gasteiger partial charge in [0, 0.05) is 30.1 Å². The van der Waals surface area contributed by atoms with Crippen LogP contribution in [-0.2, 0) is 23.9 Å². The first-order valence-corrected chi connectivity index (χ1v) is 12.8. The Kier molecular flexibility index (Phi) is 6.32. The predicted molar refractivity (Wildman–Crippen MR) is 122 cm³/mol. The zero-order valence-corrected chi connectivity index (χ0v) is 20.4. The summed E-state index contributed by atoms with van der Waals surface area (Å²) in [5.74, 6) is 1.82. The van der Waals surface area contributed by atoms with Gasteiger partial charge >= 0.3 is 11.9 Å². The number of hydrogen-bond donors (Lipinski definition) is 0. The molecule has 3 fully saturated rings. The molecule has 0 spiro atoms. The van der Waals surface area contributed by atoms with Crippen molar-refractivity contribution in [2.75, 3.05) is 6.61 Å². The molecule has 8 atom stereocenters. The third kappa shape index (κ3) is 3.54. The van der Waals surface area contributed by atoms with Gasteiger partial charge in [-0.25, -0.2) is 0 Å². The van der Waals surface area contributed by atoms with Crippen molar-refractivity contribution in [2.24, 2.45) is 40.4 Å². The maximum absolute atomic E-state index is 12.5. The van der Waals surface area contributed by atoms with Crippen LogP contribution in [0.15, 0.2) is 11.6 Å². The average molecular weight is 445 g/mol.